The number of thioether (sulfide) groups is 1. The molecule has 2 aliphatic heterocycles. The molecule has 2 fully saturated rings. The van der Waals surface area contributed by atoms with Crippen LogP contribution in [0.2, 0.25) is 0 Å². The van der Waals surface area contributed by atoms with E-state index in [-0.39, 0.29) is 22.8 Å². The molecule has 0 saturated carbocycles. The van der Waals surface area contributed by atoms with Crippen molar-refractivity contribution in [3.05, 3.63) is 62.0 Å². The number of para-hydroxylation sites is 1. The molecule has 0 radical (unpaired) electrons. The van der Waals surface area contributed by atoms with Gasteiger partial charge in [-0.3, -0.25) is 19.1 Å². The van der Waals surface area contributed by atoms with E-state index in [0.717, 1.165) is 0 Å². The molecule has 0 unspecified atom stereocenters. The summed E-state index contributed by atoms with van der Waals surface area (Å²) < 4.78 is 16.3. The number of carbonyl (C=O) groups is 1. The van der Waals surface area contributed by atoms with Gasteiger partial charge in [-0.15, -0.1) is 0 Å². The van der Waals surface area contributed by atoms with E-state index in [4.69, 9.17) is 12.2 Å². The smallest absolute Gasteiger partial charge is 0.270 e. The van der Waals surface area contributed by atoms with Crippen LogP contribution in [0.15, 0.2) is 34.0 Å². The van der Waals surface area contributed by atoms with E-state index in [9.17, 15) is 19.2 Å². The number of carbonyl (C=O) groups excluding carboxylic acids is 1. The minimum absolute atomic E-state index is 0.0637. The summed E-state index contributed by atoms with van der Waals surface area (Å²) in [6, 6.07) is 8.72. The third-order valence-electron chi connectivity index (χ3n) is 6.20. The van der Waals surface area contributed by atoms with Crippen LogP contribution in [0.5, 0.6) is 0 Å². The topological polar surface area (TPSA) is 72.6 Å². The van der Waals surface area contributed by atoms with E-state index < -0.39 is 0 Å². The lowest BCUT2D eigenvalue weighted by Crippen LogP contribution is -2.49. The molecule has 2 aromatic rings. The van der Waals surface area contributed by atoms with E-state index in [2.05, 4.69) is 4.90 Å². The number of halogens is 1. The van der Waals surface area contributed by atoms with Crippen molar-refractivity contribution in [1.82, 2.24) is 9.47 Å². The molecular formula is C24H24FN5O2S2. The molecule has 1 amide bonds. The van der Waals surface area contributed by atoms with Crippen LogP contribution in [0.1, 0.15) is 23.6 Å². The van der Waals surface area contributed by atoms with Crippen LogP contribution >= 0.6 is 24.0 Å². The van der Waals surface area contributed by atoms with Gasteiger partial charge in [0.25, 0.3) is 11.5 Å². The summed E-state index contributed by atoms with van der Waals surface area (Å²) in [5.41, 5.74) is 1.46. The Hall–Kier alpha value is -3.16. The third-order valence-corrected chi connectivity index (χ3v) is 7.68. The van der Waals surface area contributed by atoms with Crippen molar-refractivity contribution in [2.75, 3.05) is 43.0 Å². The second-order valence-corrected chi connectivity index (χ2v) is 9.74. The van der Waals surface area contributed by atoms with E-state index in [1.807, 2.05) is 24.0 Å². The maximum absolute atomic E-state index is 14.3. The molecule has 1 aromatic heterocycles. The quantitative estimate of drug-likeness (QED) is 0.474. The van der Waals surface area contributed by atoms with Gasteiger partial charge in [0.15, 0.2) is 0 Å². The van der Waals surface area contributed by atoms with Gasteiger partial charge in [-0.25, -0.2) is 4.39 Å². The zero-order chi connectivity index (χ0) is 24.6. The predicted octanol–water partition coefficient (Wildman–Crippen LogP) is 3.35. The van der Waals surface area contributed by atoms with Gasteiger partial charge in [0.1, 0.15) is 27.6 Å². The zero-order valence-corrected chi connectivity index (χ0v) is 20.8. The maximum Gasteiger partial charge on any atom is 0.270 e. The molecule has 0 bridgehead atoms. The highest BCUT2D eigenvalue weighted by Crippen LogP contribution is 2.35. The van der Waals surface area contributed by atoms with Crippen LogP contribution in [0.3, 0.4) is 0 Å². The Morgan fingerprint density at radius 3 is 2.38 bits per heavy atom. The van der Waals surface area contributed by atoms with Crippen LogP contribution in [0.25, 0.3) is 6.08 Å². The van der Waals surface area contributed by atoms with E-state index in [0.29, 0.717) is 64.6 Å². The molecule has 176 valence electrons. The Morgan fingerprint density at radius 1 is 1.18 bits per heavy atom. The standard InChI is InChI=1S/C24H24FN5O2S2/c1-4-30-21(29-11-9-28(10-12-29)19-8-6-5-7-18(19)25)16(15(2)17(14-26)22(30)31)13-20-23(32)27(3)24(33)34-20/h5-8,13H,4,9-12H2,1-3H3/b20-13-. The highest BCUT2D eigenvalue weighted by molar-refractivity contribution is 8.26. The molecule has 1 aromatic carbocycles. The van der Waals surface area contributed by atoms with Gasteiger partial charge in [-0.1, -0.05) is 36.1 Å². The Labute approximate surface area is 207 Å². The lowest BCUT2D eigenvalue weighted by Gasteiger charge is -2.39. The van der Waals surface area contributed by atoms with Crippen LogP contribution in [-0.2, 0) is 11.3 Å². The lowest BCUT2D eigenvalue weighted by molar-refractivity contribution is -0.121. The summed E-state index contributed by atoms with van der Waals surface area (Å²) in [7, 11) is 1.63. The van der Waals surface area contributed by atoms with E-state index in [1.54, 1.807) is 36.7 Å². The minimum atomic E-state index is -0.353. The van der Waals surface area contributed by atoms with Crippen molar-refractivity contribution in [3.63, 3.8) is 0 Å². The number of likely N-dealkylation sites (N-methyl/N-ethyl adjacent to an activating group) is 1. The highest BCUT2D eigenvalue weighted by atomic mass is 32.2. The number of anilines is 2. The first-order valence-corrected chi connectivity index (χ1v) is 12.1. The summed E-state index contributed by atoms with van der Waals surface area (Å²) in [6.07, 6.45) is 1.74. The van der Waals surface area contributed by atoms with Gasteiger partial charge in [-0.05, 0) is 37.6 Å². The molecular weight excluding hydrogens is 473 g/mol. The van der Waals surface area contributed by atoms with Crippen molar-refractivity contribution in [1.29, 1.82) is 5.26 Å². The molecule has 10 heteroatoms. The van der Waals surface area contributed by atoms with Gasteiger partial charge < -0.3 is 9.80 Å². The number of nitrogens with zero attached hydrogens (tertiary/aromatic N) is 5. The average Bonchev–Trinajstić information content (AvgIpc) is 3.08. The Balaban J connectivity index is 1.79. The average molecular weight is 498 g/mol. The van der Waals surface area contributed by atoms with Gasteiger partial charge in [0.2, 0.25) is 0 Å². The summed E-state index contributed by atoms with van der Waals surface area (Å²) >= 11 is 6.47. The van der Waals surface area contributed by atoms with Gasteiger partial charge >= 0.3 is 0 Å². The first-order chi connectivity index (χ1) is 16.3. The largest absolute Gasteiger partial charge is 0.366 e. The fourth-order valence-corrected chi connectivity index (χ4v) is 5.48. The third kappa shape index (κ3) is 4.10. The van der Waals surface area contributed by atoms with Crippen LogP contribution in [0, 0.1) is 24.1 Å². The highest BCUT2D eigenvalue weighted by Gasteiger charge is 2.31. The molecule has 34 heavy (non-hydrogen) atoms. The first-order valence-electron chi connectivity index (χ1n) is 10.9. The number of amides is 1. The SMILES string of the molecule is CCn1c(N2CCN(c3ccccc3F)CC2)c(/C=C2\SC(=S)N(C)C2=O)c(C)c(C#N)c1=O. The normalized spacial score (nSPS) is 17.6. The van der Waals surface area contributed by atoms with Crippen molar-refractivity contribution < 1.29 is 9.18 Å². The number of piperazine rings is 1. The second-order valence-electron chi connectivity index (χ2n) is 8.06. The molecule has 0 aliphatic carbocycles. The molecule has 7 nitrogen and oxygen atoms in total. The monoisotopic (exact) mass is 497 g/mol. The number of rotatable bonds is 4. The number of thiocarbonyl (C=S) groups is 1. The number of benzene rings is 1. The number of pyridine rings is 1. The lowest BCUT2D eigenvalue weighted by atomic mass is 10.0. The van der Waals surface area contributed by atoms with Crippen LogP contribution < -0.4 is 15.4 Å². The summed E-state index contributed by atoms with van der Waals surface area (Å²) in [4.78, 5) is 31.7. The number of hydrogen-bond acceptors (Lipinski definition) is 7. The molecule has 2 aliphatic rings. The Bertz CT molecular complexity index is 1310. The summed E-state index contributed by atoms with van der Waals surface area (Å²) in [5, 5.41) is 9.69. The molecule has 0 N–H and O–H groups in total. The van der Waals surface area contributed by atoms with Crippen LogP contribution in [-0.4, -0.2) is 52.9 Å². The van der Waals surface area contributed by atoms with Gasteiger partial charge in [0.05, 0.1) is 10.6 Å². The number of nitriles is 1. The fourth-order valence-electron chi connectivity index (χ4n) is 4.32. The van der Waals surface area contributed by atoms with Gasteiger partial charge in [-0.2, -0.15) is 5.26 Å². The first kappa shape index (κ1) is 24.0. The Kier molecular flexibility index (Phi) is 6.77. The molecule has 2 saturated heterocycles. The van der Waals surface area contributed by atoms with Gasteiger partial charge in [0, 0.05) is 45.3 Å². The van der Waals surface area contributed by atoms with E-state index in [1.165, 1.54) is 22.7 Å². The zero-order valence-electron chi connectivity index (χ0n) is 19.2. The molecule has 0 atom stereocenters. The van der Waals surface area contributed by atoms with E-state index >= 15 is 0 Å². The number of hydrogen-bond donors (Lipinski definition) is 0. The van der Waals surface area contributed by atoms with Crippen molar-refractivity contribution in [2.24, 2.45) is 0 Å². The van der Waals surface area contributed by atoms with Crippen molar-refractivity contribution in [3.8, 4) is 6.07 Å². The van der Waals surface area contributed by atoms with Crippen LogP contribution in [0.4, 0.5) is 15.9 Å². The predicted molar refractivity (Wildman–Crippen MR) is 138 cm³/mol. The number of aromatic nitrogens is 1. The van der Waals surface area contributed by atoms with Crippen molar-refractivity contribution >= 4 is 51.8 Å². The molecule has 4 rings (SSSR count). The minimum Gasteiger partial charge on any atom is -0.366 e. The maximum atomic E-state index is 14.3. The van der Waals surface area contributed by atoms with Crippen molar-refractivity contribution in [2.45, 2.75) is 20.4 Å². The summed E-state index contributed by atoms with van der Waals surface area (Å²) in [5.74, 6) is 0.189. The fraction of sp³-hybridized carbons (Fsp3) is 0.333. The summed E-state index contributed by atoms with van der Waals surface area (Å²) in [6.45, 7) is 6.18. The Morgan fingerprint density at radius 2 is 1.82 bits per heavy atom. The molecule has 3 heterocycles. The molecule has 0 spiro atoms. The second kappa shape index (κ2) is 9.60.